The van der Waals surface area contributed by atoms with Crippen molar-refractivity contribution in [1.29, 1.82) is 0 Å². The Morgan fingerprint density at radius 3 is 2.35 bits per heavy atom. The first-order valence-electron chi connectivity index (χ1n) is 7.94. The molecule has 0 bridgehead atoms. The molecule has 6 heteroatoms. The Balaban J connectivity index is 0.000000254. The quantitative estimate of drug-likeness (QED) is 0.693. The molecule has 0 saturated carbocycles. The van der Waals surface area contributed by atoms with Crippen LogP contribution >= 0.6 is 11.6 Å². The van der Waals surface area contributed by atoms with E-state index in [-0.39, 0.29) is 6.42 Å². The summed E-state index contributed by atoms with van der Waals surface area (Å²) in [5.41, 5.74) is 3.23. The Hall–Kier alpha value is -2.79. The van der Waals surface area contributed by atoms with E-state index in [0.717, 1.165) is 10.4 Å². The lowest BCUT2D eigenvalue weighted by Crippen LogP contribution is -2.03. The Kier molecular flexibility index (Phi) is 6.41. The second-order valence-corrected chi connectivity index (χ2v) is 6.22. The van der Waals surface area contributed by atoms with E-state index in [9.17, 15) is 9.59 Å². The number of carbonyl (C=O) groups is 2. The second kappa shape index (κ2) is 8.54. The first kappa shape index (κ1) is 19.5. The van der Waals surface area contributed by atoms with Crippen LogP contribution in [0.1, 0.15) is 16.8 Å². The van der Waals surface area contributed by atoms with Gasteiger partial charge in [-0.05, 0) is 49.7 Å². The van der Waals surface area contributed by atoms with E-state index < -0.39 is 5.97 Å². The SMILES string of the molecule is COc1ccc2c(c1)c(CC(=O)O)c(C)n2C=O.Cc1ccc(Cl)cc1. The lowest BCUT2D eigenvalue weighted by atomic mass is 10.1. The van der Waals surface area contributed by atoms with Gasteiger partial charge in [-0.2, -0.15) is 0 Å². The smallest absolute Gasteiger partial charge is 0.307 e. The van der Waals surface area contributed by atoms with Crippen molar-refractivity contribution in [1.82, 2.24) is 4.57 Å². The number of carbonyl (C=O) groups excluding carboxylic acids is 1. The first-order chi connectivity index (χ1) is 12.4. The van der Waals surface area contributed by atoms with Gasteiger partial charge in [-0.1, -0.05) is 29.3 Å². The van der Waals surface area contributed by atoms with Crippen LogP contribution in [0.25, 0.3) is 10.9 Å². The van der Waals surface area contributed by atoms with Crippen LogP contribution in [0.3, 0.4) is 0 Å². The maximum Gasteiger partial charge on any atom is 0.307 e. The molecule has 0 amide bonds. The van der Waals surface area contributed by atoms with Gasteiger partial charge < -0.3 is 9.84 Å². The third-order valence-electron chi connectivity index (χ3n) is 4.03. The van der Waals surface area contributed by atoms with Crippen LogP contribution in [0.4, 0.5) is 0 Å². The molecule has 26 heavy (non-hydrogen) atoms. The molecule has 3 aromatic rings. The van der Waals surface area contributed by atoms with Crippen LogP contribution in [-0.2, 0) is 16.0 Å². The van der Waals surface area contributed by atoms with Crippen LogP contribution in [0.15, 0.2) is 42.5 Å². The molecule has 0 aliphatic rings. The predicted octanol–water partition coefficient (Wildman–Crippen LogP) is 4.27. The van der Waals surface area contributed by atoms with Gasteiger partial charge >= 0.3 is 5.97 Å². The number of fused-ring (bicyclic) bond motifs is 1. The molecule has 0 radical (unpaired) electrons. The van der Waals surface area contributed by atoms with Gasteiger partial charge in [-0.15, -0.1) is 0 Å². The highest BCUT2D eigenvalue weighted by atomic mass is 35.5. The summed E-state index contributed by atoms with van der Waals surface area (Å²) in [4.78, 5) is 22.0. The minimum atomic E-state index is -0.925. The number of aryl methyl sites for hydroxylation is 1. The van der Waals surface area contributed by atoms with Crippen molar-refractivity contribution in [2.24, 2.45) is 0 Å². The second-order valence-electron chi connectivity index (χ2n) is 5.79. The molecule has 2 aromatic carbocycles. The molecule has 1 N–H and O–H groups in total. The van der Waals surface area contributed by atoms with Gasteiger partial charge in [0.25, 0.3) is 0 Å². The largest absolute Gasteiger partial charge is 0.497 e. The van der Waals surface area contributed by atoms with E-state index in [1.807, 2.05) is 31.2 Å². The summed E-state index contributed by atoms with van der Waals surface area (Å²) >= 11 is 5.61. The first-order valence-corrected chi connectivity index (χ1v) is 8.31. The van der Waals surface area contributed by atoms with E-state index in [2.05, 4.69) is 0 Å². The lowest BCUT2D eigenvalue weighted by Gasteiger charge is -2.00. The Morgan fingerprint density at radius 1 is 1.19 bits per heavy atom. The lowest BCUT2D eigenvalue weighted by molar-refractivity contribution is -0.136. The van der Waals surface area contributed by atoms with Crippen LogP contribution < -0.4 is 4.74 Å². The third kappa shape index (κ3) is 4.43. The number of hydrogen-bond donors (Lipinski definition) is 1. The Bertz CT molecular complexity index is 908. The summed E-state index contributed by atoms with van der Waals surface area (Å²) in [7, 11) is 1.54. The number of ether oxygens (including phenoxy) is 1. The van der Waals surface area contributed by atoms with Gasteiger partial charge in [0.2, 0.25) is 6.41 Å². The number of aliphatic carboxylic acids is 1. The molecule has 0 unspecified atom stereocenters. The predicted molar refractivity (Wildman–Crippen MR) is 103 cm³/mol. The van der Waals surface area contributed by atoms with E-state index in [1.165, 1.54) is 10.1 Å². The number of carboxylic acid groups (broad SMARTS) is 1. The van der Waals surface area contributed by atoms with Gasteiger partial charge in [-0.25, -0.2) is 0 Å². The molecule has 3 rings (SSSR count). The van der Waals surface area contributed by atoms with Gasteiger partial charge in [0.05, 0.1) is 19.0 Å². The average Bonchev–Trinajstić information content (AvgIpc) is 2.88. The van der Waals surface area contributed by atoms with Crippen LogP contribution in [-0.4, -0.2) is 29.2 Å². The summed E-state index contributed by atoms with van der Waals surface area (Å²) in [5, 5.41) is 10.5. The summed E-state index contributed by atoms with van der Waals surface area (Å²) in [6, 6.07) is 13.0. The van der Waals surface area contributed by atoms with Gasteiger partial charge in [0.15, 0.2) is 0 Å². The Morgan fingerprint density at radius 2 is 1.85 bits per heavy atom. The van der Waals surface area contributed by atoms with Crippen molar-refractivity contribution in [3.8, 4) is 5.75 Å². The van der Waals surface area contributed by atoms with Crippen LogP contribution in [0.5, 0.6) is 5.75 Å². The molecule has 5 nitrogen and oxygen atoms in total. The number of aromatic nitrogens is 1. The zero-order valence-corrected chi connectivity index (χ0v) is 15.6. The van der Waals surface area contributed by atoms with E-state index >= 15 is 0 Å². The molecule has 1 aromatic heterocycles. The van der Waals surface area contributed by atoms with Gasteiger partial charge in [0, 0.05) is 16.1 Å². The Labute approximate surface area is 156 Å². The number of rotatable bonds is 4. The number of methoxy groups -OCH3 is 1. The summed E-state index contributed by atoms with van der Waals surface area (Å²) in [6.07, 6.45) is 0.575. The fraction of sp³-hybridized carbons (Fsp3) is 0.200. The van der Waals surface area contributed by atoms with Crippen molar-refractivity contribution in [3.63, 3.8) is 0 Å². The summed E-state index contributed by atoms with van der Waals surface area (Å²) < 4.78 is 6.57. The number of hydrogen-bond acceptors (Lipinski definition) is 3. The third-order valence-corrected chi connectivity index (χ3v) is 4.28. The van der Waals surface area contributed by atoms with Crippen molar-refractivity contribution in [2.45, 2.75) is 20.3 Å². The number of benzene rings is 2. The topological polar surface area (TPSA) is 68.5 Å². The number of nitrogens with zero attached hydrogens (tertiary/aromatic N) is 1. The van der Waals surface area contributed by atoms with Crippen molar-refractivity contribution in [2.75, 3.05) is 7.11 Å². The van der Waals surface area contributed by atoms with Crippen molar-refractivity contribution in [3.05, 3.63) is 64.3 Å². The molecule has 0 aliphatic heterocycles. The highest BCUT2D eigenvalue weighted by Crippen LogP contribution is 2.28. The van der Waals surface area contributed by atoms with Crippen LogP contribution in [0, 0.1) is 13.8 Å². The van der Waals surface area contributed by atoms with E-state index in [0.29, 0.717) is 28.9 Å². The molecular formula is C20H20ClNO4. The maximum atomic E-state index is 11.1. The summed E-state index contributed by atoms with van der Waals surface area (Å²) in [6.45, 7) is 3.77. The fourth-order valence-corrected chi connectivity index (χ4v) is 2.78. The molecule has 0 aliphatic carbocycles. The van der Waals surface area contributed by atoms with Gasteiger partial charge in [-0.3, -0.25) is 14.2 Å². The normalized spacial score (nSPS) is 10.2. The molecule has 0 atom stereocenters. The minimum Gasteiger partial charge on any atom is -0.497 e. The maximum absolute atomic E-state index is 11.1. The van der Waals surface area contributed by atoms with E-state index in [4.69, 9.17) is 21.4 Å². The standard InChI is InChI=1S/C13H13NO4.C7H7Cl/c1-8-10(6-13(16)17)11-5-9(18-2)3-4-12(11)14(8)7-15;1-6-2-4-7(8)5-3-6/h3-5,7H,6H2,1-2H3,(H,16,17);2-5H,1H3. The van der Waals surface area contributed by atoms with Crippen molar-refractivity contribution < 1.29 is 19.4 Å². The molecule has 136 valence electrons. The minimum absolute atomic E-state index is 0.115. The van der Waals surface area contributed by atoms with E-state index in [1.54, 1.807) is 32.2 Å². The highest BCUT2D eigenvalue weighted by molar-refractivity contribution is 6.30. The average molecular weight is 374 g/mol. The molecule has 0 spiro atoms. The van der Waals surface area contributed by atoms with Gasteiger partial charge in [0.1, 0.15) is 5.75 Å². The van der Waals surface area contributed by atoms with Crippen LogP contribution in [0.2, 0.25) is 5.02 Å². The monoisotopic (exact) mass is 373 g/mol. The number of carboxylic acids is 1. The summed E-state index contributed by atoms with van der Waals surface area (Å²) in [5.74, 6) is -0.289. The fourth-order valence-electron chi connectivity index (χ4n) is 2.66. The zero-order chi connectivity index (χ0) is 19.3. The molecule has 0 fully saturated rings. The highest BCUT2D eigenvalue weighted by Gasteiger charge is 2.16. The number of halogens is 1. The molecule has 0 saturated heterocycles. The molecule has 1 heterocycles. The molecular weight excluding hydrogens is 354 g/mol. The zero-order valence-electron chi connectivity index (χ0n) is 14.8. The van der Waals surface area contributed by atoms with Crippen molar-refractivity contribution >= 4 is 34.9 Å².